The Morgan fingerprint density at radius 1 is 1.33 bits per heavy atom. The van der Waals surface area contributed by atoms with Gasteiger partial charge in [0.25, 0.3) is 0 Å². The Morgan fingerprint density at radius 3 is 2.39 bits per heavy atom. The molecule has 0 saturated carbocycles. The van der Waals surface area contributed by atoms with Gasteiger partial charge in [-0.3, -0.25) is 0 Å². The lowest BCUT2D eigenvalue weighted by molar-refractivity contribution is -0.172. The second-order valence-corrected chi connectivity index (χ2v) is 3.90. The lowest BCUT2D eigenvalue weighted by atomic mass is 10.1. The van der Waals surface area contributed by atoms with Crippen LogP contribution >= 0.6 is 0 Å². The van der Waals surface area contributed by atoms with E-state index in [4.69, 9.17) is 19.7 Å². The molecule has 0 bridgehead atoms. The summed E-state index contributed by atoms with van der Waals surface area (Å²) in [5.41, 5.74) is 0.331. The van der Waals surface area contributed by atoms with E-state index in [0.29, 0.717) is 12.2 Å². The number of rotatable bonds is 2. The van der Waals surface area contributed by atoms with E-state index in [1.807, 2.05) is 0 Å². The van der Waals surface area contributed by atoms with Gasteiger partial charge in [-0.05, 0) is 18.6 Å². The number of hydrogen-bond acceptors (Lipinski definition) is 4. The fraction of sp³-hybridized carbons (Fsp3) is 0.462. The third kappa shape index (κ3) is 5.27. The predicted octanol–water partition coefficient (Wildman–Crippen LogP) is 1.51. The van der Waals surface area contributed by atoms with Crippen LogP contribution in [0.1, 0.15) is 23.2 Å². The van der Waals surface area contributed by atoms with Crippen molar-refractivity contribution >= 4 is 5.97 Å². The molecule has 1 heterocycles. The van der Waals surface area contributed by atoms with Crippen LogP contribution in [0.5, 0.6) is 0 Å². The number of methoxy groups -OCH3 is 1. The van der Waals surface area contributed by atoms with Crippen molar-refractivity contribution < 1.29 is 24.5 Å². The molecular formula is C13H18O5. The lowest BCUT2D eigenvalue weighted by Gasteiger charge is -2.24. The zero-order chi connectivity index (χ0) is 13.4. The molecule has 100 valence electrons. The zero-order valence-corrected chi connectivity index (χ0v) is 10.3. The summed E-state index contributed by atoms with van der Waals surface area (Å²) < 4.78 is 9.97. The van der Waals surface area contributed by atoms with Crippen molar-refractivity contribution in [3.63, 3.8) is 0 Å². The van der Waals surface area contributed by atoms with Gasteiger partial charge in [0.2, 0.25) is 0 Å². The molecule has 1 fully saturated rings. The molecule has 0 amide bonds. The first-order chi connectivity index (χ1) is 8.63. The third-order valence-corrected chi connectivity index (χ3v) is 2.49. The lowest BCUT2D eigenvalue weighted by Crippen LogP contribution is -2.30. The molecule has 0 radical (unpaired) electrons. The maximum atomic E-state index is 10.2. The van der Waals surface area contributed by atoms with Gasteiger partial charge in [-0.25, -0.2) is 4.79 Å². The molecule has 1 aliphatic heterocycles. The van der Waals surface area contributed by atoms with Gasteiger partial charge < -0.3 is 19.7 Å². The largest absolute Gasteiger partial charge is 0.478 e. The Balaban J connectivity index is 0.000000180. The second-order valence-electron chi connectivity index (χ2n) is 3.90. The molecule has 0 aromatic heterocycles. The average Bonchev–Trinajstić information content (AvgIpc) is 2.41. The summed E-state index contributed by atoms with van der Waals surface area (Å²) in [4.78, 5) is 10.2. The van der Waals surface area contributed by atoms with Crippen molar-refractivity contribution in [2.24, 2.45) is 0 Å². The first-order valence-electron chi connectivity index (χ1n) is 5.74. The van der Waals surface area contributed by atoms with Crippen LogP contribution in [-0.2, 0) is 9.47 Å². The summed E-state index contributed by atoms with van der Waals surface area (Å²) >= 11 is 0. The van der Waals surface area contributed by atoms with Crippen LogP contribution in [0.3, 0.4) is 0 Å². The predicted molar refractivity (Wildman–Crippen MR) is 65.4 cm³/mol. The number of benzene rings is 1. The number of aliphatic hydroxyl groups excluding tert-OH is 1. The molecule has 0 spiro atoms. The minimum absolute atomic E-state index is 0.0894. The fourth-order valence-corrected chi connectivity index (χ4v) is 1.48. The number of carboxylic acid groups (broad SMARTS) is 1. The number of hydrogen-bond donors (Lipinski definition) is 2. The van der Waals surface area contributed by atoms with Crippen LogP contribution in [0, 0.1) is 0 Å². The molecule has 1 aromatic carbocycles. The highest BCUT2D eigenvalue weighted by Gasteiger charge is 2.18. The van der Waals surface area contributed by atoms with Crippen LogP contribution < -0.4 is 0 Å². The fourth-order valence-electron chi connectivity index (χ4n) is 1.48. The Hall–Kier alpha value is -1.43. The molecule has 2 unspecified atom stereocenters. The minimum atomic E-state index is -0.879. The molecule has 2 rings (SSSR count). The molecule has 1 aliphatic rings. The molecule has 1 saturated heterocycles. The quantitative estimate of drug-likeness (QED) is 0.836. The Morgan fingerprint density at radius 2 is 2.00 bits per heavy atom. The Kier molecular flexibility index (Phi) is 6.35. The van der Waals surface area contributed by atoms with E-state index in [1.54, 1.807) is 37.4 Å². The molecule has 2 atom stereocenters. The van der Waals surface area contributed by atoms with Gasteiger partial charge >= 0.3 is 5.97 Å². The van der Waals surface area contributed by atoms with Crippen molar-refractivity contribution in [2.45, 2.75) is 25.2 Å². The molecule has 5 heteroatoms. The molecule has 1 aromatic rings. The smallest absolute Gasteiger partial charge is 0.335 e. The Labute approximate surface area is 106 Å². The van der Waals surface area contributed by atoms with Gasteiger partial charge in [0.15, 0.2) is 6.29 Å². The van der Waals surface area contributed by atoms with Gasteiger partial charge in [0.05, 0.1) is 18.3 Å². The van der Waals surface area contributed by atoms with E-state index in [2.05, 4.69) is 0 Å². The first-order valence-corrected chi connectivity index (χ1v) is 5.74. The van der Waals surface area contributed by atoms with Gasteiger partial charge in [-0.15, -0.1) is 0 Å². The average molecular weight is 254 g/mol. The summed E-state index contributed by atoms with van der Waals surface area (Å²) in [5, 5.41) is 17.3. The number of aromatic carboxylic acids is 1. The van der Waals surface area contributed by atoms with Crippen molar-refractivity contribution in [1.29, 1.82) is 0 Å². The van der Waals surface area contributed by atoms with Gasteiger partial charge in [-0.1, -0.05) is 18.2 Å². The van der Waals surface area contributed by atoms with Gasteiger partial charge in [-0.2, -0.15) is 0 Å². The van der Waals surface area contributed by atoms with Crippen molar-refractivity contribution in [3.8, 4) is 0 Å². The molecular weight excluding hydrogens is 236 g/mol. The number of ether oxygens (including phenoxy) is 2. The molecule has 5 nitrogen and oxygen atoms in total. The summed E-state index contributed by atoms with van der Waals surface area (Å²) in [6.07, 6.45) is 1.22. The molecule has 0 aliphatic carbocycles. The number of carbonyl (C=O) groups is 1. The van der Waals surface area contributed by atoms with E-state index >= 15 is 0 Å². The summed E-state index contributed by atoms with van der Waals surface area (Å²) in [5.74, 6) is -0.879. The Bertz CT molecular complexity index is 344. The van der Waals surface area contributed by atoms with Crippen molar-refractivity contribution in [2.75, 3.05) is 13.7 Å². The van der Waals surface area contributed by atoms with Gasteiger partial charge in [0.1, 0.15) is 0 Å². The van der Waals surface area contributed by atoms with Crippen LogP contribution in [0.2, 0.25) is 0 Å². The van der Waals surface area contributed by atoms with Crippen LogP contribution in [0.25, 0.3) is 0 Å². The van der Waals surface area contributed by atoms with E-state index < -0.39 is 5.97 Å². The first kappa shape index (κ1) is 14.6. The minimum Gasteiger partial charge on any atom is -0.478 e. The topological polar surface area (TPSA) is 76.0 Å². The highest BCUT2D eigenvalue weighted by atomic mass is 16.7. The van der Waals surface area contributed by atoms with Crippen LogP contribution in [0.15, 0.2) is 30.3 Å². The second kappa shape index (κ2) is 7.81. The highest BCUT2D eigenvalue weighted by Crippen LogP contribution is 2.12. The van der Waals surface area contributed by atoms with Crippen LogP contribution in [0.4, 0.5) is 0 Å². The van der Waals surface area contributed by atoms with E-state index in [9.17, 15) is 4.79 Å². The summed E-state index contributed by atoms with van der Waals surface area (Å²) in [6, 6.07) is 8.30. The normalized spacial score (nSPS) is 22.8. The highest BCUT2D eigenvalue weighted by molar-refractivity contribution is 5.87. The summed E-state index contributed by atoms with van der Waals surface area (Å²) in [7, 11) is 1.61. The van der Waals surface area contributed by atoms with Crippen molar-refractivity contribution in [3.05, 3.63) is 35.9 Å². The summed E-state index contributed by atoms with van der Waals surface area (Å²) in [6.45, 7) is 0.415. The number of carboxylic acids is 1. The SMILES string of the molecule is COC1CCC(O)CO1.O=C(O)c1ccccc1. The van der Waals surface area contributed by atoms with Crippen LogP contribution in [-0.4, -0.2) is 42.3 Å². The molecule has 2 N–H and O–H groups in total. The van der Waals surface area contributed by atoms with Crippen molar-refractivity contribution in [1.82, 2.24) is 0 Å². The maximum Gasteiger partial charge on any atom is 0.335 e. The van der Waals surface area contributed by atoms with E-state index in [0.717, 1.165) is 12.8 Å². The third-order valence-electron chi connectivity index (χ3n) is 2.49. The molecule has 18 heavy (non-hydrogen) atoms. The maximum absolute atomic E-state index is 10.2. The van der Waals surface area contributed by atoms with Gasteiger partial charge in [0, 0.05) is 13.5 Å². The zero-order valence-electron chi connectivity index (χ0n) is 10.3. The van der Waals surface area contributed by atoms with E-state index in [1.165, 1.54) is 0 Å². The number of aliphatic hydroxyl groups is 1. The monoisotopic (exact) mass is 254 g/mol. The van der Waals surface area contributed by atoms with E-state index in [-0.39, 0.29) is 12.4 Å². The standard InChI is InChI=1S/C7H6O2.C6H12O3/c8-7(9)6-4-2-1-3-5-6;1-8-6-3-2-5(7)4-9-6/h1-5H,(H,8,9);5-7H,2-4H2,1H3.